The fourth-order valence-electron chi connectivity index (χ4n) is 0.734. The molecule has 0 aromatic rings. The fraction of sp³-hybridized carbons (Fsp3) is 0.800. The molecule has 0 heterocycles. The van der Waals surface area contributed by atoms with Gasteiger partial charge in [0.2, 0.25) is 0 Å². The van der Waals surface area contributed by atoms with Crippen molar-refractivity contribution in [3.63, 3.8) is 0 Å². The molecule has 12 heavy (non-hydrogen) atoms. The maximum absolute atomic E-state index is 5.39. The molecular weight excluding hydrogens is 170 g/mol. The molecular formula is C10H20ClN. The SMILES string of the molecule is CC(CNC/C=C/Cl)C(C)(C)C. The van der Waals surface area contributed by atoms with Gasteiger partial charge in [0, 0.05) is 12.1 Å². The van der Waals surface area contributed by atoms with Crippen molar-refractivity contribution in [3.05, 3.63) is 11.6 Å². The van der Waals surface area contributed by atoms with E-state index in [1.165, 1.54) is 0 Å². The predicted molar refractivity (Wildman–Crippen MR) is 56.5 cm³/mol. The van der Waals surface area contributed by atoms with Gasteiger partial charge in [0.1, 0.15) is 0 Å². The fourth-order valence-corrected chi connectivity index (χ4v) is 0.823. The van der Waals surface area contributed by atoms with Crippen molar-refractivity contribution in [1.29, 1.82) is 0 Å². The van der Waals surface area contributed by atoms with Gasteiger partial charge in [0.05, 0.1) is 0 Å². The first-order valence-corrected chi connectivity index (χ1v) is 4.88. The molecule has 72 valence electrons. The molecule has 0 aliphatic rings. The first-order valence-electron chi connectivity index (χ1n) is 4.44. The van der Waals surface area contributed by atoms with Crippen LogP contribution in [0.15, 0.2) is 11.6 Å². The van der Waals surface area contributed by atoms with E-state index in [2.05, 4.69) is 33.0 Å². The first kappa shape index (κ1) is 12.0. The van der Waals surface area contributed by atoms with Gasteiger partial charge in [-0.3, -0.25) is 0 Å². The topological polar surface area (TPSA) is 12.0 Å². The van der Waals surface area contributed by atoms with Gasteiger partial charge in [-0.25, -0.2) is 0 Å². The van der Waals surface area contributed by atoms with Gasteiger partial charge in [-0.2, -0.15) is 0 Å². The van der Waals surface area contributed by atoms with Crippen molar-refractivity contribution in [2.45, 2.75) is 27.7 Å². The number of nitrogens with one attached hydrogen (secondary N) is 1. The Kier molecular flexibility index (Phi) is 5.60. The normalized spacial score (nSPS) is 15.4. The second-order valence-corrected chi connectivity index (χ2v) is 4.54. The van der Waals surface area contributed by atoms with E-state index in [-0.39, 0.29) is 0 Å². The monoisotopic (exact) mass is 189 g/mol. The van der Waals surface area contributed by atoms with E-state index in [0.29, 0.717) is 11.3 Å². The molecule has 0 aromatic heterocycles. The van der Waals surface area contributed by atoms with Gasteiger partial charge >= 0.3 is 0 Å². The Labute approximate surface area is 81.2 Å². The number of hydrogen-bond donors (Lipinski definition) is 1. The van der Waals surface area contributed by atoms with Crippen molar-refractivity contribution >= 4 is 11.6 Å². The average Bonchev–Trinajstić information content (AvgIpc) is 1.96. The summed E-state index contributed by atoms with van der Waals surface area (Å²) in [6.45, 7) is 11.0. The van der Waals surface area contributed by atoms with Gasteiger partial charge in [-0.1, -0.05) is 45.4 Å². The van der Waals surface area contributed by atoms with Crippen LogP contribution in [0.4, 0.5) is 0 Å². The minimum atomic E-state index is 0.387. The number of halogens is 1. The Morgan fingerprint density at radius 3 is 2.42 bits per heavy atom. The Bertz CT molecular complexity index is 135. The highest BCUT2D eigenvalue weighted by Crippen LogP contribution is 2.24. The van der Waals surface area contributed by atoms with E-state index >= 15 is 0 Å². The van der Waals surface area contributed by atoms with Gasteiger partial charge in [-0.05, 0) is 17.9 Å². The molecule has 1 atom stereocenters. The maximum atomic E-state index is 5.39. The van der Waals surface area contributed by atoms with E-state index in [4.69, 9.17) is 11.6 Å². The van der Waals surface area contributed by atoms with Crippen LogP contribution in [0.1, 0.15) is 27.7 Å². The molecule has 0 radical (unpaired) electrons. The second kappa shape index (κ2) is 5.60. The smallest absolute Gasteiger partial charge is 0.0146 e. The predicted octanol–water partition coefficient (Wildman–Crippen LogP) is 3.01. The standard InChI is InChI=1S/C10H20ClN/c1-9(10(2,3)4)8-12-7-5-6-11/h5-6,9,12H,7-8H2,1-4H3/b6-5+. The average molecular weight is 190 g/mol. The quantitative estimate of drug-likeness (QED) is 0.671. The van der Waals surface area contributed by atoms with Gasteiger partial charge in [0.25, 0.3) is 0 Å². The van der Waals surface area contributed by atoms with Crippen LogP contribution in [0.3, 0.4) is 0 Å². The van der Waals surface area contributed by atoms with E-state index in [0.717, 1.165) is 13.1 Å². The summed E-state index contributed by atoms with van der Waals surface area (Å²) in [5.41, 5.74) is 1.94. The second-order valence-electron chi connectivity index (χ2n) is 4.29. The van der Waals surface area contributed by atoms with Crippen LogP contribution >= 0.6 is 11.6 Å². The van der Waals surface area contributed by atoms with Crippen LogP contribution in [-0.2, 0) is 0 Å². The molecule has 1 N–H and O–H groups in total. The Morgan fingerprint density at radius 2 is 2.00 bits per heavy atom. The zero-order valence-electron chi connectivity index (χ0n) is 8.52. The summed E-state index contributed by atoms with van der Waals surface area (Å²) in [5, 5.41) is 3.32. The summed E-state index contributed by atoms with van der Waals surface area (Å²) >= 11 is 5.39. The van der Waals surface area contributed by atoms with Crippen LogP contribution in [0.5, 0.6) is 0 Å². The number of rotatable bonds is 4. The summed E-state index contributed by atoms with van der Waals surface area (Å²) in [6.07, 6.45) is 1.91. The van der Waals surface area contributed by atoms with E-state index in [1.54, 1.807) is 5.54 Å². The third-order valence-electron chi connectivity index (χ3n) is 2.28. The van der Waals surface area contributed by atoms with Crippen LogP contribution in [-0.4, -0.2) is 13.1 Å². The molecule has 0 aliphatic heterocycles. The molecule has 2 heteroatoms. The van der Waals surface area contributed by atoms with Crippen molar-refractivity contribution < 1.29 is 0 Å². The first-order chi connectivity index (χ1) is 5.48. The molecule has 0 bridgehead atoms. The lowest BCUT2D eigenvalue weighted by Gasteiger charge is -2.27. The largest absolute Gasteiger partial charge is 0.313 e. The van der Waals surface area contributed by atoms with E-state index < -0.39 is 0 Å². The van der Waals surface area contributed by atoms with Crippen molar-refractivity contribution in [1.82, 2.24) is 5.32 Å². The van der Waals surface area contributed by atoms with Crippen molar-refractivity contribution in [3.8, 4) is 0 Å². The van der Waals surface area contributed by atoms with Gasteiger partial charge < -0.3 is 5.32 Å². The summed E-state index contributed by atoms with van der Waals surface area (Å²) in [7, 11) is 0. The third kappa shape index (κ3) is 5.62. The molecule has 1 nitrogen and oxygen atoms in total. The lowest BCUT2D eigenvalue weighted by Crippen LogP contribution is -2.29. The molecule has 0 fully saturated rings. The molecule has 0 aliphatic carbocycles. The van der Waals surface area contributed by atoms with E-state index in [9.17, 15) is 0 Å². The highest BCUT2D eigenvalue weighted by molar-refractivity contribution is 6.25. The highest BCUT2D eigenvalue weighted by Gasteiger charge is 2.18. The molecule has 0 spiro atoms. The Hall–Kier alpha value is -0.0100. The van der Waals surface area contributed by atoms with Crippen LogP contribution < -0.4 is 5.32 Å². The van der Waals surface area contributed by atoms with Crippen molar-refractivity contribution in [2.75, 3.05) is 13.1 Å². The van der Waals surface area contributed by atoms with Crippen LogP contribution in [0.25, 0.3) is 0 Å². The van der Waals surface area contributed by atoms with E-state index in [1.807, 2.05) is 6.08 Å². The summed E-state index contributed by atoms with van der Waals surface area (Å²) in [5.74, 6) is 0.682. The zero-order chi connectivity index (χ0) is 9.61. The highest BCUT2D eigenvalue weighted by atomic mass is 35.5. The molecule has 0 aromatic carbocycles. The Balaban J connectivity index is 3.51. The molecule has 0 rings (SSSR count). The zero-order valence-corrected chi connectivity index (χ0v) is 9.28. The van der Waals surface area contributed by atoms with Gasteiger partial charge in [-0.15, -0.1) is 0 Å². The summed E-state index contributed by atoms with van der Waals surface area (Å²) in [6, 6.07) is 0. The molecule has 0 saturated heterocycles. The van der Waals surface area contributed by atoms with Crippen molar-refractivity contribution in [2.24, 2.45) is 11.3 Å². The Morgan fingerprint density at radius 1 is 1.42 bits per heavy atom. The lowest BCUT2D eigenvalue weighted by atomic mass is 9.82. The van der Waals surface area contributed by atoms with Crippen LogP contribution in [0, 0.1) is 11.3 Å². The lowest BCUT2D eigenvalue weighted by molar-refractivity contribution is 0.255. The molecule has 0 saturated carbocycles. The van der Waals surface area contributed by atoms with Crippen LogP contribution in [0.2, 0.25) is 0 Å². The minimum Gasteiger partial charge on any atom is -0.313 e. The minimum absolute atomic E-state index is 0.387. The maximum Gasteiger partial charge on any atom is 0.0146 e. The third-order valence-corrected chi connectivity index (χ3v) is 2.46. The molecule has 1 unspecified atom stereocenters. The molecule has 0 amide bonds. The summed E-state index contributed by atoms with van der Waals surface area (Å²) in [4.78, 5) is 0. The van der Waals surface area contributed by atoms with Gasteiger partial charge in [0.15, 0.2) is 0 Å². The summed E-state index contributed by atoms with van der Waals surface area (Å²) < 4.78 is 0. The number of hydrogen-bond acceptors (Lipinski definition) is 1.